The first-order valence-electron chi connectivity index (χ1n) is 14.4. The summed E-state index contributed by atoms with van der Waals surface area (Å²) in [5.41, 5.74) is 1.79. The monoisotopic (exact) mass is 544 g/mol. The van der Waals surface area contributed by atoms with Crippen molar-refractivity contribution in [1.29, 1.82) is 0 Å². The van der Waals surface area contributed by atoms with Crippen LogP contribution in [0.25, 0.3) is 0 Å². The summed E-state index contributed by atoms with van der Waals surface area (Å²) in [6.07, 6.45) is 6.80. The number of hydrogen-bond acceptors (Lipinski definition) is 6. The number of amides is 1. The Kier molecular flexibility index (Phi) is 10.7. The fourth-order valence-corrected chi connectivity index (χ4v) is 6.16. The Labute approximate surface area is 234 Å². The largest absolute Gasteiger partial charge is 0.493 e. The molecule has 0 aromatic heterocycles. The summed E-state index contributed by atoms with van der Waals surface area (Å²) in [7, 11) is 1.57. The number of aliphatic carboxylic acids is 1. The van der Waals surface area contributed by atoms with Crippen LogP contribution in [0.4, 0.5) is 0 Å². The van der Waals surface area contributed by atoms with Crippen molar-refractivity contribution >= 4 is 11.9 Å². The zero-order chi connectivity index (χ0) is 28.7. The Balaban J connectivity index is 1.99. The summed E-state index contributed by atoms with van der Waals surface area (Å²) in [4.78, 5) is 30.6. The standard InChI is InChI=1S/C31H48N2O6/c1-8-10-12-32(13-11-9-2)27(34)19-33-18-23(22-14-25(37-7)29-26(15-22)38-20-39-29)28(30(35)36)24(33)17-31(5,6)16-21(3)4/h14-16,23-24,28H,8-13,17-20H2,1-7H3,(H,35,36)/t23-,24+,28?/m1/s1. The lowest BCUT2D eigenvalue weighted by Crippen LogP contribution is -2.45. The van der Waals surface area contributed by atoms with Gasteiger partial charge < -0.3 is 24.2 Å². The van der Waals surface area contributed by atoms with Crippen molar-refractivity contribution in [3.05, 3.63) is 29.3 Å². The third kappa shape index (κ3) is 7.68. The average Bonchev–Trinajstić information content (AvgIpc) is 3.47. The number of likely N-dealkylation sites (tertiary alicyclic amines) is 1. The molecule has 1 N–H and O–H groups in total. The number of benzene rings is 1. The molecule has 39 heavy (non-hydrogen) atoms. The molecule has 0 saturated carbocycles. The number of nitrogens with zero attached hydrogens (tertiary/aromatic N) is 2. The Bertz CT molecular complexity index is 1020. The van der Waals surface area contributed by atoms with Crippen LogP contribution in [0.1, 0.15) is 85.1 Å². The van der Waals surface area contributed by atoms with Crippen molar-refractivity contribution in [2.24, 2.45) is 11.3 Å². The van der Waals surface area contributed by atoms with E-state index >= 15 is 0 Å². The van der Waals surface area contributed by atoms with Crippen molar-refractivity contribution in [2.75, 3.05) is 40.1 Å². The number of carboxylic acid groups (broad SMARTS) is 1. The molecule has 1 saturated heterocycles. The van der Waals surface area contributed by atoms with Crippen LogP contribution >= 0.6 is 0 Å². The molecule has 2 aliphatic rings. The predicted octanol–water partition coefficient (Wildman–Crippen LogP) is 5.70. The molecule has 218 valence electrons. The van der Waals surface area contributed by atoms with Gasteiger partial charge in [-0.2, -0.15) is 0 Å². The quantitative estimate of drug-likeness (QED) is 0.300. The third-order valence-electron chi connectivity index (χ3n) is 7.81. The van der Waals surface area contributed by atoms with Gasteiger partial charge >= 0.3 is 5.97 Å². The molecule has 1 unspecified atom stereocenters. The summed E-state index contributed by atoms with van der Waals surface area (Å²) >= 11 is 0. The highest BCUT2D eigenvalue weighted by Crippen LogP contribution is 2.48. The van der Waals surface area contributed by atoms with Crippen LogP contribution in [-0.2, 0) is 9.59 Å². The molecule has 0 radical (unpaired) electrons. The van der Waals surface area contributed by atoms with Crippen LogP contribution in [0.2, 0.25) is 0 Å². The lowest BCUT2D eigenvalue weighted by Gasteiger charge is -2.34. The number of rotatable bonds is 14. The molecule has 1 aromatic rings. The van der Waals surface area contributed by atoms with Gasteiger partial charge in [0, 0.05) is 31.6 Å². The normalized spacial score (nSPS) is 20.6. The van der Waals surface area contributed by atoms with Gasteiger partial charge in [-0.25, -0.2) is 0 Å². The topological polar surface area (TPSA) is 88.5 Å². The molecule has 0 bridgehead atoms. The predicted molar refractivity (Wildman–Crippen MR) is 153 cm³/mol. The number of carbonyl (C=O) groups excluding carboxylic acids is 1. The van der Waals surface area contributed by atoms with E-state index in [9.17, 15) is 14.7 Å². The van der Waals surface area contributed by atoms with Crippen molar-refractivity contribution in [3.63, 3.8) is 0 Å². The van der Waals surface area contributed by atoms with Crippen LogP contribution in [-0.4, -0.2) is 72.9 Å². The lowest BCUT2D eigenvalue weighted by atomic mass is 9.77. The zero-order valence-corrected chi connectivity index (χ0v) is 24.9. The summed E-state index contributed by atoms with van der Waals surface area (Å²) < 4.78 is 16.8. The molecule has 3 atom stereocenters. The number of carbonyl (C=O) groups is 2. The molecule has 8 nitrogen and oxygen atoms in total. The molecule has 0 aliphatic carbocycles. The van der Waals surface area contributed by atoms with Gasteiger partial charge in [0.2, 0.25) is 18.4 Å². The molecule has 2 heterocycles. The van der Waals surface area contributed by atoms with E-state index in [0.29, 0.717) is 30.2 Å². The Hall–Kier alpha value is -2.74. The van der Waals surface area contributed by atoms with Gasteiger partial charge in [-0.15, -0.1) is 0 Å². The number of unbranched alkanes of at least 4 members (excludes halogenated alkanes) is 2. The highest BCUT2D eigenvalue weighted by molar-refractivity contribution is 5.79. The Morgan fingerprint density at radius 1 is 1.15 bits per heavy atom. The van der Waals surface area contributed by atoms with E-state index in [2.05, 4.69) is 52.5 Å². The van der Waals surface area contributed by atoms with Gasteiger partial charge in [0.1, 0.15) is 0 Å². The van der Waals surface area contributed by atoms with E-state index in [1.807, 2.05) is 17.0 Å². The number of methoxy groups -OCH3 is 1. The number of ether oxygens (including phenoxy) is 3. The molecule has 3 rings (SSSR count). The molecule has 1 fully saturated rings. The smallest absolute Gasteiger partial charge is 0.308 e. The second-order valence-corrected chi connectivity index (χ2v) is 11.9. The molecule has 1 aromatic carbocycles. The summed E-state index contributed by atoms with van der Waals surface area (Å²) in [6.45, 7) is 14.9. The van der Waals surface area contributed by atoms with E-state index in [1.165, 1.54) is 5.57 Å². The van der Waals surface area contributed by atoms with Crippen LogP contribution in [0, 0.1) is 11.3 Å². The summed E-state index contributed by atoms with van der Waals surface area (Å²) in [6, 6.07) is 3.44. The van der Waals surface area contributed by atoms with E-state index in [-0.39, 0.29) is 36.6 Å². The zero-order valence-electron chi connectivity index (χ0n) is 24.9. The SMILES string of the molecule is CCCCN(CCCC)C(=O)CN1C[C@H](c2cc(OC)c3c(c2)OCO3)C(C(=O)O)[C@@H]1CC(C)(C)C=C(C)C. The van der Waals surface area contributed by atoms with Crippen LogP contribution in [0.15, 0.2) is 23.8 Å². The first kappa shape index (κ1) is 30.8. The Morgan fingerprint density at radius 3 is 2.38 bits per heavy atom. The van der Waals surface area contributed by atoms with E-state index in [0.717, 1.165) is 44.3 Å². The van der Waals surface area contributed by atoms with E-state index in [4.69, 9.17) is 14.2 Å². The van der Waals surface area contributed by atoms with Gasteiger partial charge in [-0.3, -0.25) is 14.5 Å². The molecule has 0 spiro atoms. The van der Waals surface area contributed by atoms with Gasteiger partial charge in [0.25, 0.3) is 0 Å². The first-order valence-corrected chi connectivity index (χ1v) is 14.4. The van der Waals surface area contributed by atoms with Crippen LogP contribution in [0.3, 0.4) is 0 Å². The van der Waals surface area contributed by atoms with Crippen LogP contribution < -0.4 is 14.2 Å². The maximum absolute atomic E-state index is 13.6. The maximum Gasteiger partial charge on any atom is 0.308 e. The Morgan fingerprint density at radius 2 is 1.82 bits per heavy atom. The fraction of sp³-hybridized carbons (Fsp3) is 0.677. The minimum atomic E-state index is -0.849. The number of fused-ring (bicyclic) bond motifs is 1. The highest BCUT2D eigenvalue weighted by Gasteiger charge is 2.49. The fourth-order valence-electron chi connectivity index (χ4n) is 6.16. The van der Waals surface area contributed by atoms with Crippen molar-refractivity contribution in [1.82, 2.24) is 9.80 Å². The van der Waals surface area contributed by atoms with Crippen LogP contribution in [0.5, 0.6) is 17.2 Å². The number of hydrogen-bond donors (Lipinski definition) is 1. The summed E-state index contributed by atoms with van der Waals surface area (Å²) in [5, 5.41) is 10.6. The second kappa shape index (κ2) is 13.6. The molecule has 1 amide bonds. The van der Waals surface area contributed by atoms with Gasteiger partial charge in [0.15, 0.2) is 11.5 Å². The molecule has 8 heteroatoms. The third-order valence-corrected chi connectivity index (χ3v) is 7.81. The van der Waals surface area contributed by atoms with Crippen molar-refractivity contribution < 1.29 is 28.9 Å². The molecule has 2 aliphatic heterocycles. The average molecular weight is 545 g/mol. The molecular weight excluding hydrogens is 496 g/mol. The lowest BCUT2D eigenvalue weighted by molar-refractivity contribution is -0.144. The number of carboxylic acids is 1. The van der Waals surface area contributed by atoms with E-state index in [1.54, 1.807) is 7.11 Å². The van der Waals surface area contributed by atoms with Gasteiger partial charge in [0.05, 0.1) is 19.6 Å². The minimum absolute atomic E-state index is 0.0787. The first-order chi connectivity index (χ1) is 18.5. The second-order valence-electron chi connectivity index (χ2n) is 11.9. The maximum atomic E-state index is 13.6. The van der Waals surface area contributed by atoms with Crippen molar-refractivity contribution in [3.8, 4) is 17.2 Å². The highest BCUT2D eigenvalue weighted by atomic mass is 16.7. The van der Waals surface area contributed by atoms with Gasteiger partial charge in [-0.1, -0.05) is 52.2 Å². The van der Waals surface area contributed by atoms with Crippen molar-refractivity contribution in [2.45, 2.75) is 85.6 Å². The minimum Gasteiger partial charge on any atom is -0.493 e. The van der Waals surface area contributed by atoms with Gasteiger partial charge in [-0.05, 0) is 56.2 Å². The van der Waals surface area contributed by atoms with E-state index < -0.39 is 11.9 Å². The number of allylic oxidation sites excluding steroid dienone is 2. The summed E-state index contributed by atoms with van der Waals surface area (Å²) in [5.74, 6) is -0.145. The molecular formula is C31H48N2O6.